The van der Waals surface area contributed by atoms with Crippen molar-refractivity contribution in [1.82, 2.24) is 0 Å². The van der Waals surface area contributed by atoms with Crippen molar-refractivity contribution in [3.05, 3.63) is 0 Å². The van der Waals surface area contributed by atoms with Gasteiger partial charge in [-0.1, -0.05) is 181 Å². The third-order valence-corrected chi connectivity index (χ3v) is 13.7. The van der Waals surface area contributed by atoms with E-state index in [1.807, 2.05) is 20.8 Å². The normalized spacial score (nSPS) is 15.7. The molecule has 6 atom stereocenters. The van der Waals surface area contributed by atoms with Crippen molar-refractivity contribution in [2.24, 2.45) is 17.8 Å². The minimum absolute atomic E-state index is 0. The Hall–Kier alpha value is 1.14. The van der Waals surface area contributed by atoms with E-state index < -0.39 is 39.8 Å². The van der Waals surface area contributed by atoms with Crippen LogP contribution >= 0.6 is 22.8 Å². The van der Waals surface area contributed by atoms with Crippen molar-refractivity contribution in [1.29, 1.82) is 0 Å². The fourth-order valence-electron chi connectivity index (χ4n) is 6.31. The Labute approximate surface area is 317 Å². The van der Waals surface area contributed by atoms with Crippen LogP contribution in [0, 0.1) is 17.8 Å². The van der Waals surface area contributed by atoms with Crippen LogP contribution < -0.4 is 29.4 Å². The van der Waals surface area contributed by atoms with Crippen LogP contribution in [0.25, 0.3) is 0 Å². The quantitative estimate of drug-likeness (QED) is 0.0582. The smallest absolute Gasteiger partial charge is 0.811 e. The van der Waals surface area contributed by atoms with Gasteiger partial charge >= 0.3 is 21.1 Å². The Balaban J connectivity index is -0.000000307. The first-order valence-corrected chi connectivity index (χ1v) is 24.2. The van der Waals surface area contributed by atoms with E-state index in [1.165, 1.54) is 0 Å². The molecular formula is C36H75MoO9P3. The minimum Gasteiger partial charge on any atom is -0.811 e. The predicted molar refractivity (Wildman–Crippen MR) is 193 cm³/mol. The zero-order valence-electron chi connectivity index (χ0n) is 32.7. The van der Waals surface area contributed by atoms with Gasteiger partial charge in [0.2, 0.25) is 0 Å². The molecule has 9 nitrogen and oxygen atoms in total. The van der Waals surface area contributed by atoms with Crippen LogP contribution in [0.2, 0.25) is 0 Å². The first-order valence-electron chi connectivity index (χ1n) is 19.4. The molecule has 0 N–H and O–H groups in total. The van der Waals surface area contributed by atoms with Gasteiger partial charge in [-0.05, 0) is 73.3 Å². The summed E-state index contributed by atoms with van der Waals surface area (Å²) in [6.07, 6.45) is 18.4. The molecule has 0 aromatic heterocycles. The van der Waals surface area contributed by atoms with Gasteiger partial charge in [0, 0.05) is 0 Å². The average molecular weight is 841 g/mol. The zero-order chi connectivity index (χ0) is 37.8. The van der Waals surface area contributed by atoms with Crippen LogP contribution in [0.15, 0.2) is 0 Å². The molecule has 0 fully saturated rings. The number of hydrogen-bond donors (Lipinski definition) is 0. The van der Waals surface area contributed by atoms with Crippen LogP contribution in [0.1, 0.15) is 197 Å². The molecule has 0 aromatic rings. The third-order valence-electron chi connectivity index (χ3n) is 9.65. The summed E-state index contributed by atoms with van der Waals surface area (Å²) < 4.78 is 33.4. The van der Waals surface area contributed by atoms with Gasteiger partial charge in [0.25, 0.3) is 0 Å². The van der Waals surface area contributed by atoms with E-state index in [0.29, 0.717) is 56.3 Å². The molecule has 6 unspecified atom stereocenters. The molecule has 49 heavy (non-hydrogen) atoms. The summed E-state index contributed by atoms with van der Waals surface area (Å²) >= 11 is 0. The standard InChI is InChI=1S/3C12H27O3P.Mo/c3*1-4-7-9-11(6-3)10-12(8-5-2)16(13,14)15;/h3*11-12H,4-10H2,1-3H3,(H2,13,14,15);/q;;;+6/p-6. The molecule has 0 aromatic carbocycles. The van der Waals surface area contributed by atoms with Crippen LogP contribution in [0.4, 0.5) is 0 Å². The van der Waals surface area contributed by atoms with E-state index in [4.69, 9.17) is 0 Å². The Morgan fingerprint density at radius 2 is 0.571 bits per heavy atom. The largest absolute Gasteiger partial charge is 6.00 e. The van der Waals surface area contributed by atoms with Gasteiger partial charge in [0.1, 0.15) is 0 Å². The van der Waals surface area contributed by atoms with Gasteiger partial charge in [-0.2, -0.15) is 0 Å². The molecule has 0 saturated carbocycles. The average Bonchev–Trinajstić information content (AvgIpc) is 3.00. The Kier molecular flexibility index (Phi) is 39.1. The molecule has 0 saturated heterocycles. The second kappa shape index (κ2) is 33.7. The maximum absolute atomic E-state index is 11.1. The summed E-state index contributed by atoms with van der Waals surface area (Å²) in [5.74, 6) is 1.19. The number of unbranched alkanes of at least 4 members (excludes halogenated alkanes) is 3. The van der Waals surface area contributed by atoms with Crippen molar-refractivity contribution in [3.63, 3.8) is 0 Å². The van der Waals surface area contributed by atoms with Crippen molar-refractivity contribution < 1.29 is 64.1 Å². The molecule has 0 rings (SSSR count). The van der Waals surface area contributed by atoms with Crippen molar-refractivity contribution in [2.45, 2.75) is 214 Å². The summed E-state index contributed by atoms with van der Waals surface area (Å²) in [6, 6.07) is 0. The van der Waals surface area contributed by atoms with E-state index in [0.717, 1.165) is 96.3 Å². The first-order chi connectivity index (χ1) is 22.4. The van der Waals surface area contributed by atoms with E-state index in [-0.39, 0.29) is 21.1 Å². The molecule has 0 aliphatic heterocycles. The second-order valence-corrected chi connectivity index (χ2v) is 19.3. The summed E-state index contributed by atoms with van der Waals surface area (Å²) in [7, 11) is -13.2. The van der Waals surface area contributed by atoms with Gasteiger partial charge in [-0.25, -0.2) is 0 Å². The van der Waals surface area contributed by atoms with E-state index in [9.17, 15) is 43.1 Å². The molecule has 0 radical (unpaired) electrons. The maximum atomic E-state index is 11.1. The van der Waals surface area contributed by atoms with E-state index >= 15 is 0 Å². The molecule has 0 amide bonds. The fourth-order valence-corrected chi connectivity index (χ4v) is 9.71. The van der Waals surface area contributed by atoms with Gasteiger partial charge in [0.15, 0.2) is 0 Å². The Morgan fingerprint density at radius 3 is 0.694 bits per heavy atom. The fraction of sp³-hybridized carbons (Fsp3) is 1.00. The maximum Gasteiger partial charge on any atom is 6.00 e. The summed E-state index contributed by atoms with van der Waals surface area (Å²) in [6.45, 7) is 18.4. The molecule has 0 bridgehead atoms. The predicted octanol–water partition coefficient (Wildman–Crippen LogP) is 8.02. The molecule has 294 valence electrons. The van der Waals surface area contributed by atoms with Crippen molar-refractivity contribution >= 4 is 22.8 Å². The molecule has 0 aliphatic rings. The minimum atomic E-state index is -4.39. The SMILES string of the molecule is CCCCC(CC)CC(CCC)P(=O)([O-])[O-].CCCCC(CC)CC(CCC)P(=O)([O-])[O-].CCCCC(CC)CC(CCC)P(=O)([O-])[O-].[Mo+6]. The molecule has 0 heterocycles. The van der Waals surface area contributed by atoms with Crippen LogP contribution in [0.5, 0.6) is 0 Å². The van der Waals surface area contributed by atoms with Crippen molar-refractivity contribution in [2.75, 3.05) is 0 Å². The van der Waals surface area contributed by atoms with Crippen LogP contribution in [0.3, 0.4) is 0 Å². The summed E-state index contributed by atoms with van der Waals surface area (Å²) in [4.78, 5) is 66.7. The molecular weight excluding hydrogens is 765 g/mol. The third kappa shape index (κ3) is 32.3. The van der Waals surface area contributed by atoms with Crippen molar-refractivity contribution in [3.8, 4) is 0 Å². The first kappa shape index (κ1) is 56.9. The Morgan fingerprint density at radius 1 is 0.367 bits per heavy atom. The monoisotopic (exact) mass is 842 g/mol. The van der Waals surface area contributed by atoms with Crippen LogP contribution in [-0.2, 0) is 34.8 Å². The second-order valence-electron chi connectivity index (χ2n) is 13.9. The zero-order valence-corrected chi connectivity index (χ0v) is 37.4. The number of hydrogen-bond acceptors (Lipinski definition) is 9. The van der Waals surface area contributed by atoms with Gasteiger partial charge in [-0.3, -0.25) is 0 Å². The molecule has 13 heteroatoms. The van der Waals surface area contributed by atoms with Gasteiger partial charge < -0.3 is 43.1 Å². The van der Waals surface area contributed by atoms with Gasteiger partial charge in [-0.15, -0.1) is 0 Å². The summed E-state index contributed by atoms with van der Waals surface area (Å²) in [5, 5.41) is 0. The van der Waals surface area contributed by atoms with E-state index in [1.54, 1.807) is 0 Å². The topological polar surface area (TPSA) is 190 Å². The number of rotatable bonds is 27. The van der Waals surface area contributed by atoms with E-state index in [2.05, 4.69) is 41.5 Å². The van der Waals surface area contributed by atoms with Gasteiger partial charge in [0.05, 0.1) is 0 Å². The Bertz CT molecular complexity index is 753. The molecule has 0 spiro atoms. The van der Waals surface area contributed by atoms with Crippen LogP contribution in [-0.4, -0.2) is 17.0 Å². The molecule has 0 aliphatic carbocycles. The summed E-state index contributed by atoms with van der Waals surface area (Å²) in [5.41, 5.74) is -1.92.